The molecule has 0 aliphatic carbocycles. The molecule has 1 aliphatic heterocycles. The number of nitrogens with zero attached hydrogens (tertiary/aromatic N) is 3. The molecule has 164 valence electrons. The van der Waals surface area contributed by atoms with Gasteiger partial charge < -0.3 is 24.4 Å². The van der Waals surface area contributed by atoms with Crippen molar-refractivity contribution in [1.82, 2.24) is 9.97 Å². The smallest absolute Gasteiger partial charge is 0.451 e. The van der Waals surface area contributed by atoms with E-state index >= 15 is 0 Å². The van der Waals surface area contributed by atoms with Gasteiger partial charge in [0.05, 0.1) is 33.0 Å². The number of anilines is 3. The number of fused-ring (bicyclic) bond motifs is 1. The zero-order valence-corrected chi connectivity index (χ0v) is 17.0. The van der Waals surface area contributed by atoms with E-state index in [2.05, 4.69) is 20.2 Å². The van der Waals surface area contributed by atoms with Crippen LogP contribution < -0.4 is 19.7 Å². The molecular formula is C21H21F3N4O3. The molecule has 1 saturated heterocycles. The molecule has 0 spiro atoms. The van der Waals surface area contributed by atoms with Gasteiger partial charge in [0.25, 0.3) is 0 Å². The van der Waals surface area contributed by atoms with E-state index in [0.29, 0.717) is 30.0 Å². The minimum atomic E-state index is -4.70. The lowest BCUT2D eigenvalue weighted by molar-refractivity contribution is -0.144. The fourth-order valence-corrected chi connectivity index (χ4v) is 3.39. The number of hydrogen-bond donors (Lipinski definition) is 1. The van der Waals surface area contributed by atoms with Gasteiger partial charge in [0.1, 0.15) is 5.82 Å². The first-order valence-corrected chi connectivity index (χ1v) is 9.60. The fourth-order valence-electron chi connectivity index (χ4n) is 3.39. The third kappa shape index (κ3) is 4.43. The van der Waals surface area contributed by atoms with Crippen LogP contribution in [-0.2, 0) is 10.9 Å². The second kappa shape index (κ2) is 8.46. The summed E-state index contributed by atoms with van der Waals surface area (Å²) in [5.74, 6) is -0.566. The highest BCUT2D eigenvalue weighted by Crippen LogP contribution is 2.37. The summed E-state index contributed by atoms with van der Waals surface area (Å²) in [6, 6.07) is 10.4. The van der Waals surface area contributed by atoms with Gasteiger partial charge in [-0.3, -0.25) is 0 Å². The molecule has 1 N–H and O–H groups in total. The Bertz CT molecular complexity index is 1070. The average molecular weight is 434 g/mol. The summed E-state index contributed by atoms with van der Waals surface area (Å²) in [6.45, 7) is 2.91. The Labute approximate surface area is 176 Å². The lowest BCUT2D eigenvalue weighted by Crippen LogP contribution is -2.36. The van der Waals surface area contributed by atoms with Gasteiger partial charge in [-0.05, 0) is 30.3 Å². The maximum atomic E-state index is 13.4. The van der Waals surface area contributed by atoms with Crippen molar-refractivity contribution in [3.8, 4) is 11.5 Å². The van der Waals surface area contributed by atoms with Crippen LogP contribution in [0, 0.1) is 0 Å². The van der Waals surface area contributed by atoms with E-state index in [4.69, 9.17) is 14.2 Å². The Balaban J connectivity index is 1.72. The van der Waals surface area contributed by atoms with Gasteiger partial charge in [-0.2, -0.15) is 13.2 Å². The van der Waals surface area contributed by atoms with E-state index in [-0.39, 0.29) is 17.1 Å². The molecule has 4 rings (SSSR count). The van der Waals surface area contributed by atoms with Crippen LogP contribution in [0.4, 0.5) is 30.4 Å². The van der Waals surface area contributed by atoms with E-state index in [0.717, 1.165) is 18.8 Å². The molecule has 0 radical (unpaired) electrons. The molecule has 0 amide bonds. The SMILES string of the molecule is COc1cc2nc(C(F)(F)F)nc(Nc3ccc(N4CCOCC4)cc3)c2cc1OC. The van der Waals surface area contributed by atoms with Crippen LogP contribution in [0.3, 0.4) is 0 Å². The summed E-state index contributed by atoms with van der Waals surface area (Å²) in [6.07, 6.45) is -4.70. The third-order valence-corrected chi connectivity index (χ3v) is 4.96. The molecule has 0 atom stereocenters. The maximum Gasteiger partial charge on any atom is 0.451 e. The molecule has 1 fully saturated rings. The predicted octanol–water partition coefficient (Wildman–Crippen LogP) is 4.25. The van der Waals surface area contributed by atoms with E-state index < -0.39 is 12.0 Å². The van der Waals surface area contributed by atoms with Crippen molar-refractivity contribution >= 4 is 28.1 Å². The van der Waals surface area contributed by atoms with Gasteiger partial charge in [0.15, 0.2) is 11.5 Å². The summed E-state index contributed by atoms with van der Waals surface area (Å²) in [5.41, 5.74) is 1.70. The van der Waals surface area contributed by atoms with Gasteiger partial charge in [0.2, 0.25) is 5.82 Å². The van der Waals surface area contributed by atoms with E-state index in [1.807, 2.05) is 12.1 Å². The van der Waals surface area contributed by atoms with Crippen molar-refractivity contribution in [1.29, 1.82) is 0 Å². The minimum absolute atomic E-state index is 0.0254. The first-order valence-electron chi connectivity index (χ1n) is 9.60. The van der Waals surface area contributed by atoms with Gasteiger partial charge in [-0.1, -0.05) is 0 Å². The van der Waals surface area contributed by atoms with Crippen LogP contribution in [-0.4, -0.2) is 50.5 Å². The molecule has 1 aliphatic rings. The highest BCUT2D eigenvalue weighted by atomic mass is 19.4. The number of morpholine rings is 1. The van der Waals surface area contributed by atoms with Crippen LogP contribution in [0.5, 0.6) is 11.5 Å². The van der Waals surface area contributed by atoms with Crippen molar-refractivity contribution < 1.29 is 27.4 Å². The number of ether oxygens (including phenoxy) is 3. The number of aromatic nitrogens is 2. The van der Waals surface area contributed by atoms with E-state index in [1.54, 1.807) is 18.2 Å². The maximum absolute atomic E-state index is 13.4. The number of halogens is 3. The van der Waals surface area contributed by atoms with Crippen molar-refractivity contribution in [2.75, 3.05) is 50.7 Å². The van der Waals surface area contributed by atoms with E-state index in [9.17, 15) is 13.2 Å². The van der Waals surface area contributed by atoms with Crippen molar-refractivity contribution in [3.05, 3.63) is 42.2 Å². The van der Waals surface area contributed by atoms with Gasteiger partial charge >= 0.3 is 6.18 Å². The zero-order valence-electron chi connectivity index (χ0n) is 17.0. The molecule has 2 aromatic carbocycles. The molecule has 1 aromatic heterocycles. The molecular weight excluding hydrogens is 413 g/mol. The summed E-state index contributed by atoms with van der Waals surface area (Å²) in [7, 11) is 2.86. The molecule has 10 heteroatoms. The molecule has 7 nitrogen and oxygen atoms in total. The molecule has 3 aromatic rings. The van der Waals surface area contributed by atoms with Crippen LogP contribution >= 0.6 is 0 Å². The first kappa shape index (κ1) is 21.0. The number of hydrogen-bond acceptors (Lipinski definition) is 7. The Hall–Kier alpha value is -3.27. The summed E-state index contributed by atoms with van der Waals surface area (Å²) in [5, 5.41) is 3.37. The highest BCUT2D eigenvalue weighted by molar-refractivity contribution is 5.93. The highest BCUT2D eigenvalue weighted by Gasteiger charge is 2.36. The quantitative estimate of drug-likeness (QED) is 0.644. The van der Waals surface area contributed by atoms with Crippen molar-refractivity contribution in [2.24, 2.45) is 0 Å². The summed E-state index contributed by atoms with van der Waals surface area (Å²) < 4.78 is 56.0. The van der Waals surface area contributed by atoms with Gasteiger partial charge in [-0.15, -0.1) is 0 Å². The number of nitrogens with one attached hydrogen (secondary N) is 1. The Morgan fingerprint density at radius 1 is 0.968 bits per heavy atom. The number of methoxy groups -OCH3 is 2. The fraction of sp³-hybridized carbons (Fsp3) is 0.333. The molecule has 0 bridgehead atoms. The number of benzene rings is 2. The van der Waals surface area contributed by atoms with Gasteiger partial charge in [0, 0.05) is 35.9 Å². The monoisotopic (exact) mass is 434 g/mol. The van der Waals surface area contributed by atoms with E-state index in [1.165, 1.54) is 20.3 Å². The topological polar surface area (TPSA) is 68.7 Å². The largest absolute Gasteiger partial charge is 0.493 e. The zero-order chi connectivity index (χ0) is 22.0. The van der Waals surface area contributed by atoms with Crippen LogP contribution in [0.15, 0.2) is 36.4 Å². The van der Waals surface area contributed by atoms with Crippen molar-refractivity contribution in [3.63, 3.8) is 0 Å². The lowest BCUT2D eigenvalue weighted by Gasteiger charge is -2.29. The first-order chi connectivity index (χ1) is 14.9. The molecule has 2 heterocycles. The average Bonchev–Trinajstić information content (AvgIpc) is 2.78. The summed E-state index contributed by atoms with van der Waals surface area (Å²) in [4.78, 5) is 9.60. The standard InChI is InChI=1S/C21H21F3N4O3/c1-29-17-11-15-16(12-18(17)30-2)26-20(21(22,23)24)27-19(15)25-13-3-5-14(6-4-13)28-7-9-31-10-8-28/h3-6,11-12H,7-10H2,1-2H3,(H,25,26,27). The number of alkyl halides is 3. The minimum Gasteiger partial charge on any atom is -0.493 e. The number of rotatable bonds is 5. The molecule has 31 heavy (non-hydrogen) atoms. The summed E-state index contributed by atoms with van der Waals surface area (Å²) >= 11 is 0. The third-order valence-electron chi connectivity index (χ3n) is 4.96. The van der Waals surface area contributed by atoms with Crippen LogP contribution in [0.2, 0.25) is 0 Å². The van der Waals surface area contributed by atoms with Gasteiger partial charge in [-0.25, -0.2) is 9.97 Å². The normalized spacial score (nSPS) is 14.5. The Morgan fingerprint density at radius 2 is 1.61 bits per heavy atom. The molecule has 0 unspecified atom stereocenters. The Morgan fingerprint density at radius 3 is 2.23 bits per heavy atom. The predicted molar refractivity (Wildman–Crippen MR) is 110 cm³/mol. The van der Waals surface area contributed by atoms with Crippen molar-refractivity contribution in [2.45, 2.75) is 6.18 Å². The van der Waals surface area contributed by atoms with Crippen LogP contribution in [0.1, 0.15) is 5.82 Å². The Kier molecular flexibility index (Phi) is 5.73. The lowest BCUT2D eigenvalue weighted by atomic mass is 10.2. The van der Waals surface area contributed by atoms with Crippen LogP contribution in [0.25, 0.3) is 10.9 Å². The second-order valence-corrected chi connectivity index (χ2v) is 6.89. The molecule has 0 saturated carbocycles. The second-order valence-electron chi connectivity index (χ2n) is 6.89.